The number of aliphatic hydroxyl groups excluding tert-OH is 1. The van der Waals surface area contributed by atoms with E-state index in [4.69, 9.17) is 0 Å². The van der Waals surface area contributed by atoms with Gasteiger partial charge in [0.25, 0.3) is 5.69 Å². The Morgan fingerprint density at radius 1 is 1.45 bits per heavy atom. The van der Waals surface area contributed by atoms with E-state index in [1.54, 1.807) is 0 Å². The fourth-order valence-electron chi connectivity index (χ4n) is 1.30. The van der Waals surface area contributed by atoms with E-state index in [2.05, 4.69) is 4.72 Å². The van der Waals surface area contributed by atoms with Gasteiger partial charge in [-0.2, -0.15) is 0 Å². The molecular formula is C11H15FN2O5S. The second kappa shape index (κ2) is 5.43. The number of halogens is 1. The van der Waals surface area contributed by atoms with Gasteiger partial charge in [-0.1, -0.05) is 0 Å². The molecule has 0 fully saturated rings. The molecular weight excluding hydrogens is 291 g/mol. The first-order chi connectivity index (χ1) is 8.97. The molecule has 0 heterocycles. The molecule has 0 aromatic heterocycles. The SMILES string of the molecule is CC(O)C(C)(C)NS(=O)(=O)c1cc([N+](=O)[O-])ccc1F. The van der Waals surface area contributed by atoms with Gasteiger partial charge in [0.1, 0.15) is 10.7 Å². The third-order valence-electron chi connectivity index (χ3n) is 2.86. The molecule has 1 unspecified atom stereocenters. The van der Waals surface area contributed by atoms with Gasteiger partial charge in [-0.15, -0.1) is 0 Å². The van der Waals surface area contributed by atoms with Crippen molar-refractivity contribution in [3.63, 3.8) is 0 Å². The Morgan fingerprint density at radius 2 is 2.00 bits per heavy atom. The Kier molecular flexibility index (Phi) is 4.47. The second-order valence-corrected chi connectivity index (χ2v) is 6.53. The molecule has 0 spiro atoms. The molecule has 7 nitrogen and oxygen atoms in total. The van der Waals surface area contributed by atoms with E-state index in [1.165, 1.54) is 20.8 Å². The van der Waals surface area contributed by atoms with Gasteiger partial charge in [-0.25, -0.2) is 17.5 Å². The van der Waals surface area contributed by atoms with Crippen LogP contribution in [0.3, 0.4) is 0 Å². The first-order valence-electron chi connectivity index (χ1n) is 5.63. The van der Waals surface area contributed by atoms with Gasteiger partial charge in [0.2, 0.25) is 10.0 Å². The summed E-state index contributed by atoms with van der Waals surface area (Å²) in [6, 6.07) is 2.21. The lowest BCUT2D eigenvalue weighted by Gasteiger charge is -2.28. The summed E-state index contributed by atoms with van der Waals surface area (Å²) in [7, 11) is -4.34. The highest BCUT2D eigenvalue weighted by atomic mass is 32.2. The highest BCUT2D eigenvalue weighted by Crippen LogP contribution is 2.23. The molecule has 0 radical (unpaired) electrons. The molecule has 0 saturated carbocycles. The van der Waals surface area contributed by atoms with Crippen molar-refractivity contribution in [2.75, 3.05) is 0 Å². The average Bonchev–Trinajstić information content (AvgIpc) is 2.27. The summed E-state index contributed by atoms with van der Waals surface area (Å²) in [6.07, 6.45) is -1.04. The van der Waals surface area contributed by atoms with Crippen LogP contribution in [-0.2, 0) is 10.0 Å². The fourth-order valence-corrected chi connectivity index (χ4v) is 2.87. The maximum absolute atomic E-state index is 13.6. The van der Waals surface area contributed by atoms with Gasteiger partial charge < -0.3 is 5.11 Å². The van der Waals surface area contributed by atoms with Crippen molar-refractivity contribution in [1.29, 1.82) is 0 Å². The summed E-state index contributed by atoms with van der Waals surface area (Å²) in [5.41, 5.74) is -1.79. The number of benzene rings is 1. The zero-order valence-electron chi connectivity index (χ0n) is 11.1. The van der Waals surface area contributed by atoms with Crippen LogP contribution in [0.2, 0.25) is 0 Å². The first kappa shape index (κ1) is 16.5. The number of rotatable bonds is 5. The summed E-state index contributed by atoms with van der Waals surface area (Å²) in [5, 5.41) is 20.1. The summed E-state index contributed by atoms with van der Waals surface area (Å²) in [4.78, 5) is 8.96. The summed E-state index contributed by atoms with van der Waals surface area (Å²) in [6.45, 7) is 4.18. The van der Waals surface area contributed by atoms with Crippen LogP contribution in [0.1, 0.15) is 20.8 Å². The highest BCUT2D eigenvalue weighted by Gasteiger charge is 2.32. The van der Waals surface area contributed by atoms with Gasteiger partial charge in [0, 0.05) is 12.1 Å². The number of hydrogen-bond donors (Lipinski definition) is 2. The molecule has 1 aromatic rings. The van der Waals surface area contributed by atoms with Crippen LogP contribution in [0.5, 0.6) is 0 Å². The summed E-state index contributed by atoms with van der Waals surface area (Å²) >= 11 is 0. The average molecular weight is 306 g/mol. The molecule has 0 aliphatic carbocycles. The van der Waals surface area contributed by atoms with Crippen LogP contribution < -0.4 is 4.72 Å². The number of aliphatic hydroxyl groups is 1. The van der Waals surface area contributed by atoms with Crippen molar-refractivity contribution in [2.24, 2.45) is 0 Å². The minimum absolute atomic E-state index is 0.540. The van der Waals surface area contributed by atoms with E-state index in [9.17, 15) is 28.0 Å². The molecule has 20 heavy (non-hydrogen) atoms. The normalized spacial score (nSPS) is 14.1. The Hall–Kier alpha value is -1.58. The predicted molar refractivity (Wildman–Crippen MR) is 69.1 cm³/mol. The lowest BCUT2D eigenvalue weighted by molar-refractivity contribution is -0.385. The monoisotopic (exact) mass is 306 g/mol. The molecule has 0 aliphatic heterocycles. The van der Waals surface area contributed by atoms with Gasteiger partial charge in [-0.3, -0.25) is 10.1 Å². The molecule has 112 valence electrons. The van der Waals surface area contributed by atoms with Crippen LogP contribution in [0.4, 0.5) is 10.1 Å². The number of non-ortho nitro benzene ring substituents is 1. The van der Waals surface area contributed by atoms with Crippen LogP contribution in [0.25, 0.3) is 0 Å². The highest BCUT2D eigenvalue weighted by molar-refractivity contribution is 7.89. The van der Waals surface area contributed by atoms with Crippen molar-refractivity contribution < 1.29 is 22.8 Å². The second-order valence-electron chi connectivity index (χ2n) is 4.87. The third kappa shape index (κ3) is 3.50. The van der Waals surface area contributed by atoms with Crippen molar-refractivity contribution in [1.82, 2.24) is 4.72 Å². The zero-order chi connectivity index (χ0) is 15.7. The fraction of sp³-hybridized carbons (Fsp3) is 0.455. The zero-order valence-corrected chi connectivity index (χ0v) is 11.9. The number of sulfonamides is 1. The van der Waals surface area contributed by atoms with Gasteiger partial charge in [0.15, 0.2) is 0 Å². The first-order valence-corrected chi connectivity index (χ1v) is 7.11. The summed E-state index contributed by atoms with van der Waals surface area (Å²) in [5.74, 6) is -1.11. The Bertz CT molecular complexity index is 628. The van der Waals surface area contributed by atoms with Gasteiger partial charge in [-0.05, 0) is 26.8 Å². The number of nitro groups is 1. The third-order valence-corrected chi connectivity index (χ3v) is 4.54. The van der Waals surface area contributed by atoms with Crippen molar-refractivity contribution >= 4 is 15.7 Å². The molecule has 0 saturated heterocycles. The van der Waals surface area contributed by atoms with Crippen LogP contribution in [0, 0.1) is 15.9 Å². The molecule has 0 amide bonds. The van der Waals surface area contributed by atoms with Gasteiger partial charge >= 0.3 is 0 Å². The molecule has 1 rings (SSSR count). The number of nitrogens with one attached hydrogen (secondary N) is 1. The van der Waals surface area contributed by atoms with Crippen molar-refractivity contribution in [3.05, 3.63) is 34.1 Å². The Labute approximate surface area is 115 Å². The minimum Gasteiger partial charge on any atom is -0.391 e. The van der Waals surface area contributed by atoms with E-state index >= 15 is 0 Å². The molecule has 2 N–H and O–H groups in total. The van der Waals surface area contributed by atoms with E-state index < -0.39 is 43.0 Å². The topological polar surface area (TPSA) is 110 Å². The largest absolute Gasteiger partial charge is 0.391 e. The lowest BCUT2D eigenvalue weighted by Crippen LogP contribution is -2.50. The van der Waals surface area contributed by atoms with E-state index in [0.29, 0.717) is 12.1 Å². The van der Waals surface area contributed by atoms with E-state index in [0.717, 1.165) is 6.07 Å². The standard InChI is InChI=1S/C11H15FN2O5S/c1-7(15)11(2,3)13-20(18,19)10-6-8(14(16)17)4-5-9(10)12/h4-7,13,15H,1-3H3. The van der Waals surface area contributed by atoms with Crippen molar-refractivity contribution in [3.8, 4) is 0 Å². The maximum atomic E-state index is 13.6. The predicted octanol–water partition coefficient (Wildman–Crippen LogP) is 1.17. The summed E-state index contributed by atoms with van der Waals surface area (Å²) < 4.78 is 39.8. The molecule has 1 atom stereocenters. The number of hydrogen-bond acceptors (Lipinski definition) is 5. The number of nitro benzene ring substituents is 1. The Morgan fingerprint density at radius 3 is 2.45 bits per heavy atom. The lowest BCUT2D eigenvalue weighted by atomic mass is 10.0. The number of nitrogens with zero attached hydrogens (tertiary/aromatic N) is 1. The molecule has 0 aliphatic rings. The quantitative estimate of drug-likeness (QED) is 0.627. The maximum Gasteiger partial charge on any atom is 0.270 e. The van der Waals surface area contributed by atoms with Gasteiger partial charge in [0.05, 0.1) is 16.6 Å². The van der Waals surface area contributed by atoms with Crippen LogP contribution >= 0.6 is 0 Å². The smallest absolute Gasteiger partial charge is 0.270 e. The Balaban J connectivity index is 3.29. The van der Waals surface area contributed by atoms with E-state index in [-0.39, 0.29) is 0 Å². The van der Waals surface area contributed by atoms with Crippen LogP contribution in [0.15, 0.2) is 23.1 Å². The minimum atomic E-state index is -4.34. The molecule has 9 heteroatoms. The van der Waals surface area contributed by atoms with Crippen LogP contribution in [-0.4, -0.2) is 30.1 Å². The van der Waals surface area contributed by atoms with E-state index in [1.807, 2.05) is 0 Å². The van der Waals surface area contributed by atoms with Crippen molar-refractivity contribution in [2.45, 2.75) is 37.3 Å². The molecule has 1 aromatic carbocycles. The molecule has 0 bridgehead atoms.